The summed E-state index contributed by atoms with van der Waals surface area (Å²) in [5.74, 6) is -0.211. The first kappa shape index (κ1) is 11.6. The van der Waals surface area contributed by atoms with Crippen molar-refractivity contribution in [2.45, 2.75) is 25.9 Å². The number of hydrogen-bond acceptors (Lipinski definition) is 2. The number of halogens is 1. The second kappa shape index (κ2) is 4.93. The van der Waals surface area contributed by atoms with Gasteiger partial charge in [0.15, 0.2) is 0 Å². The van der Waals surface area contributed by atoms with Crippen LogP contribution in [-0.4, -0.2) is 29.6 Å². The van der Waals surface area contributed by atoms with E-state index in [2.05, 4.69) is 4.90 Å². The van der Waals surface area contributed by atoms with E-state index in [0.717, 1.165) is 18.7 Å². The van der Waals surface area contributed by atoms with Crippen LogP contribution in [0.3, 0.4) is 0 Å². The number of hydrogen-bond donors (Lipinski definition) is 1. The molecule has 0 saturated carbocycles. The Bertz CT molecular complexity index is 361. The first-order valence-electron chi connectivity index (χ1n) is 5.83. The lowest BCUT2D eigenvalue weighted by molar-refractivity contribution is 0.126. The van der Waals surface area contributed by atoms with Crippen LogP contribution in [0.2, 0.25) is 0 Å². The number of β-amino-alcohol motifs (C(OH)–C–C–N with tert-alkyl or cyclic N) is 1. The van der Waals surface area contributed by atoms with Crippen LogP contribution in [0.4, 0.5) is 4.39 Å². The van der Waals surface area contributed by atoms with Gasteiger partial charge in [0.2, 0.25) is 0 Å². The van der Waals surface area contributed by atoms with E-state index < -0.39 is 6.10 Å². The predicted molar refractivity (Wildman–Crippen MR) is 61.8 cm³/mol. The fourth-order valence-corrected chi connectivity index (χ4v) is 2.19. The van der Waals surface area contributed by atoms with E-state index in [1.807, 2.05) is 0 Å². The van der Waals surface area contributed by atoms with Crippen LogP contribution in [-0.2, 0) is 0 Å². The molecule has 2 rings (SSSR count). The maximum atomic E-state index is 13.1. The number of aliphatic hydroxyl groups is 1. The summed E-state index contributed by atoms with van der Waals surface area (Å²) < 4.78 is 13.1. The summed E-state index contributed by atoms with van der Waals surface area (Å²) in [6, 6.07) is 4.83. The molecule has 1 N–H and O–H groups in total. The molecule has 1 aliphatic heterocycles. The van der Waals surface area contributed by atoms with Crippen molar-refractivity contribution in [1.82, 2.24) is 4.90 Å². The predicted octanol–water partition coefficient (Wildman–Crippen LogP) is 2.26. The summed E-state index contributed by atoms with van der Waals surface area (Å²) in [5.41, 5.74) is 1.41. The molecule has 0 amide bonds. The van der Waals surface area contributed by atoms with Gasteiger partial charge >= 0.3 is 0 Å². The second-order valence-corrected chi connectivity index (χ2v) is 4.53. The molecule has 88 valence electrons. The highest BCUT2D eigenvalue weighted by Gasteiger charge is 2.17. The number of benzene rings is 1. The molecule has 0 radical (unpaired) electrons. The average Bonchev–Trinajstić information content (AvgIpc) is 2.74. The normalized spacial score (nSPS) is 18.9. The molecule has 1 aromatic carbocycles. The van der Waals surface area contributed by atoms with Gasteiger partial charge in [0.25, 0.3) is 0 Å². The zero-order valence-corrected chi connectivity index (χ0v) is 9.62. The van der Waals surface area contributed by atoms with Crippen LogP contribution in [0.25, 0.3) is 0 Å². The number of nitrogens with zero attached hydrogens (tertiary/aromatic N) is 1. The van der Waals surface area contributed by atoms with Gasteiger partial charge in [0, 0.05) is 6.54 Å². The Balaban J connectivity index is 2.02. The van der Waals surface area contributed by atoms with Gasteiger partial charge in [0.1, 0.15) is 5.82 Å². The third kappa shape index (κ3) is 2.60. The lowest BCUT2D eigenvalue weighted by Crippen LogP contribution is -2.25. The summed E-state index contributed by atoms with van der Waals surface area (Å²) >= 11 is 0. The standard InChI is InChI=1S/C13H18FNO/c1-10-8-11(4-5-12(10)14)13(16)9-15-6-2-3-7-15/h4-5,8,13,16H,2-3,6-7,9H2,1H3. The van der Waals surface area contributed by atoms with E-state index in [4.69, 9.17) is 0 Å². The minimum atomic E-state index is -0.502. The zero-order chi connectivity index (χ0) is 11.5. The smallest absolute Gasteiger partial charge is 0.126 e. The molecule has 1 atom stereocenters. The van der Waals surface area contributed by atoms with E-state index in [0.29, 0.717) is 12.1 Å². The van der Waals surface area contributed by atoms with Gasteiger partial charge < -0.3 is 10.0 Å². The number of likely N-dealkylation sites (tertiary alicyclic amines) is 1. The zero-order valence-electron chi connectivity index (χ0n) is 9.62. The van der Waals surface area contributed by atoms with Crippen LogP contribution in [0.15, 0.2) is 18.2 Å². The monoisotopic (exact) mass is 223 g/mol. The van der Waals surface area contributed by atoms with Crippen molar-refractivity contribution in [3.05, 3.63) is 35.1 Å². The lowest BCUT2D eigenvalue weighted by atomic mass is 10.1. The van der Waals surface area contributed by atoms with Crippen molar-refractivity contribution in [3.8, 4) is 0 Å². The SMILES string of the molecule is Cc1cc(C(O)CN2CCCC2)ccc1F. The van der Waals surface area contributed by atoms with Gasteiger partial charge in [0.05, 0.1) is 6.10 Å². The van der Waals surface area contributed by atoms with E-state index in [-0.39, 0.29) is 5.82 Å². The van der Waals surface area contributed by atoms with E-state index in [1.54, 1.807) is 19.1 Å². The minimum absolute atomic E-state index is 0.211. The summed E-state index contributed by atoms with van der Waals surface area (Å²) in [7, 11) is 0. The summed E-state index contributed by atoms with van der Waals surface area (Å²) in [4.78, 5) is 2.25. The summed E-state index contributed by atoms with van der Waals surface area (Å²) in [5, 5.41) is 10.0. The molecule has 0 aliphatic carbocycles. The highest BCUT2D eigenvalue weighted by Crippen LogP contribution is 2.19. The van der Waals surface area contributed by atoms with Crippen LogP contribution < -0.4 is 0 Å². The topological polar surface area (TPSA) is 23.5 Å². The number of aliphatic hydroxyl groups excluding tert-OH is 1. The van der Waals surface area contributed by atoms with Crippen LogP contribution in [0.5, 0.6) is 0 Å². The molecule has 0 spiro atoms. The molecule has 3 heteroatoms. The fraction of sp³-hybridized carbons (Fsp3) is 0.538. The van der Waals surface area contributed by atoms with Gasteiger partial charge in [-0.1, -0.05) is 12.1 Å². The molecule has 0 aromatic heterocycles. The van der Waals surface area contributed by atoms with Gasteiger partial charge in [-0.25, -0.2) is 4.39 Å². The van der Waals surface area contributed by atoms with Gasteiger partial charge in [-0.2, -0.15) is 0 Å². The molecule has 1 fully saturated rings. The quantitative estimate of drug-likeness (QED) is 0.849. The Morgan fingerprint density at radius 1 is 1.38 bits per heavy atom. The molecule has 16 heavy (non-hydrogen) atoms. The van der Waals surface area contributed by atoms with Crippen molar-refractivity contribution in [3.63, 3.8) is 0 Å². The van der Waals surface area contributed by atoms with Gasteiger partial charge in [-0.05, 0) is 50.0 Å². The Morgan fingerprint density at radius 3 is 2.69 bits per heavy atom. The van der Waals surface area contributed by atoms with Crippen LogP contribution >= 0.6 is 0 Å². The van der Waals surface area contributed by atoms with E-state index in [9.17, 15) is 9.50 Å². The van der Waals surface area contributed by atoms with E-state index >= 15 is 0 Å². The fourth-order valence-electron chi connectivity index (χ4n) is 2.19. The largest absolute Gasteiger partial charge is 0.387 e. The first-order chi connectivity index (χ1) is 7.66. The molecule has 1 aromatic rings. The molecule has 0 bridgehead atoms. The molecule has 1 heterocycles. The van der Waals surface area contributed by atoms with Crippen LogP contribution in [0.1, 0.15) is 30.1 Å². The minimum Gasteiger partial charge on any atom is -0.387 e. The third-order valence-electron chi connectivity index (χ3n) is 3.20. The number of rotatable bonds is 3. The Labute approximate surface area is 95.7 Å². The maximum Gasteiger partial charge on any atom is 0.126 e. The van der Waals surface area contributed by atoms with Gasteiger partial charge in [-0.15, -0.1) is 0 Å². The number of aryl methyl sites for hydroxylation is 1. The Morgan fingerprint density at radius 2 is 2.06 bits per heavy atom. The van der Waals surface area contributed by atoms with Crippen molar-refractivity contribution < 1.29 is 9.50 Å². The van der Waals surface area contributed by atoms with Crippen molar-refractivity contribution in [2.24, 2.45) is 0 Å². The third-order valence-corrected chi connectivity index (χ3v) is 3.20. The molecular weight excluding hydrogens is 205 g/mol. The van der Waals surface area contributed by atoms with Crippen LogP contribution in [0, 0.1) is 12.7 Å². The lowest BCUT2D eigenvalue weighted by Gasteiger charge is -2.19. The first-order valence-corrected chi connectivity index (χ1v) is 5.83. The highest BCUT2D eigenvalue weighted by molar-refractivity contribution is 5.25. The molecule has 1 aliphatic rings. The molecule has 1 unspecified atom stereocenters. The Kier molecular flexibility index (Phi) is 3.56. The van der Waals surface area contributed by atoms with E-state index in [1.165, 1.54) is 18.9 Å². The average molecular weight is 223 g/mol. The van der Waals surface area contributed by atoms with Gasteiger partial charge in [-0.3, -0.25) is 0 Å². The maximum absolute atomic E-state index is 13.1. The summed E-state index contributed by atoms with van der Waals surface area (Å²) in [6.45, 7) is 4.51. The molecule has 1 saturated heterocycles. The van der Waals surface area contributed by atoms with Crippen molar-refractivity contribution in [1.29, 1.82) is 0 Å². The highest BCUT2D eigenvalue weighted by atomic mass is 19.1. The second-order valence-electron chi connectivity index (χ2n) is 4.53. The summed E-state index contributed by atoms with van der Waals surface area (Å²) in [6.07, 6.45) is 1.93. The van der Waals surface area contributed by atoms with Crippen molar-refractivity contribution >= 4 is 0 Å². The molecular formula is C13H18FNO. The van der Waals surface area contributed by atoms with Crippen molar-refractivity contribution in [2.75, 3.05) is 19.6 Å². The molecule has 2 nitrogen and oxygen atoms in total. The Hall–Kier alpha value is -0.930.